The molecule has 29 heavy (non-hydrogen) atoms. The maximum atomic E-state index is 12.3. The number of ether oxygens (including phenoxy) is 3. The summed E-state index contributed by atoms with van der Waals surface area (Å²) in [4.78, 5) is 17.7. The molecule has 6 heteroatoms. The Morgan fingerprint density at radius 1 is 1.14 bits per heavy atom. The summed E-state index contributed by atoms with van der Waals surface area (Å²) in [6.45, 7) is 9.68. The first-order valence-corrected chi connectivity index (χ1v) is 10.8. The molecule has 0 unspecified atom stereocenters. The highest BCUT2D eigenvalue weighted by Gasteiger charge is 2.20. The molecule has 1 aromatic carbocycles. The maximum absolute atomic E-state index is 12.3. The largest absolute Gasteiger partial charge is 0.493 e. The lowest BCUT2D eigenvalue weighted by molar-refractivity contribution is 0.0856. The fraction of sp³-hybridized carbons (Fsp3) is 0.609. The molecule has 0 spiro atoms. The number of fused-ring (bicyclic) bond motifs is 1. The Hall–Kier alpha value is -2.05. The minimum atomic E-state index is -0.0757. The summed E-state index contributed by atoms with van der Waals surface area (Å²) in [6, 6.07) is 5.63. The lowest BCUT2D eigenvalue weighted by atomic mass is 9.89. The third-order valence-corrected chi connectivity index (χ3v) is 5.68. The highest BCUT2D eigenvalue weighted by molar-refractivity contribution is 5.86. The maximum Gasteiger partial charge on any atom is 0.248 e. The van der Waals surface area contributed by atoms with E-state index < -0.39 is 0 Å². The van der Waals surface area contributed by atoms with Gasteiger partial charge in [0.2, 0.25) is 5.56 Å². The average molecular weight is 403 g/mol. The monoisotopic (exact) mass is 402 g/mol. The molecule has 6 nitrogen and oxygen atoms in total. The molecular formula is C23H34N2O4. The average Bonchev–Trinajstić information content (AvgIpc) is 2.75. The van der Waals surface area contributed by atoms with Crippen molar-refractivity contribution in [2.45, 2.75) is 45.4 Å². The normalized spacial score (nSPS) is 15.2. The molecule has 1 N–H and O–H groups in total. The van der Waals surface area contributed by atoms with Crippen molar-refractivity contribution in [2.75, 3.05) is 46.6 Å². The fourth-order valence-corrected chi connectivity index (χ4v) is 4.12. The van der Waals surface area contributed by atoms with Gasteiger partial charge in [0, 0.05) is 37.3 Å². The summed E-state index contributed by atoms with van der Waals surface area (Å²) in [5.41, 5.74) is 1.80. The molecule has 0 atom stereocenters. The van der Waals surface area contributed by atoms with E-state index in [1.807, 2.05) is 12.1 Å². The molecule has 160 valence electrons. The van der Waals surface area contributed by atoms with E-state index in [-0.39, 0.29) is 5.56 Å². The SMILES string of the molecule is CCCN(CC)CCCOc1cc2[nH]c(=O)cc(C3CCOCC3)c2cc1OC. The Morgan fingerprint density at radius 3 is 2.62 bits per heavy atom. The molecule has 1 fully saturated rings. The number of H-pyrrole nitrogens is 1. The Labute approximate surface area is 173 Å². The smallest absolute Gasteiger partial charge is 0.248 e. The van der Waals surface area contributed by atoms with E-state index in [1.54, 1.807) is 13.2 Å². The predicted molar refractivity (Wildman–Crippen MR) is 116 cm³/mol. The van der Waals surface area contributed by atoms with E-state index in [4.69, 9.17) is 14.2 Å². The van der Waals surface area contributed by atoms with Crippen LogP contribution >= 0.6 is 0 Å². The number of aromatic nitrogens is 1. The molecule has 2 aromatic rings. The second kappa shape index (κ2) is 10.6. The van der Waals surface area contributed by atoms with Crippen molar-refractivity contribution in [3.63, 3.8) is 0 Å². The standard InChI is InChI=1S/C23H34N2O4/c1-4-9-25(5-2)10-6-11-29-22-16-20-19(14-21(22)27-3)18(15-23(26)24-20)17-7-12-28-13-8-17/h14-17H,4-13H2,1-3H3,(H,24,26). The lowest BCUT2D eigenvalue weighted by Crippen LogP contribution is -2.26. The molecule has 2 heterocycles. The van der Waals surface area contributed by atoms with E-state index in [0.29, 0.717) is 24.0 Å². The molecule has 0 bridgehead atoms. The molecule has 0 aliphatic carbocycles. The van der Waals surface area contributed by atoms with Crippen LogP contribution in [-0.2, 0) is 4.74 Å². The number of benzene rings is 1. The second-order valence-corrected chi connectivity index (χ2v) is 7.66. The van der Waals surface area contributed by atoms with Gasteiger partial charge in [0.05, 0.1) is 19.2 Å². The summed E-state index contributed by atoms with van der Waals surface area (Å²) in [5, 5.41) is 1.03. The predicted octanol–water partition coefficient (Wildman–Crippen LogP) is 3.93. The number of rotatable bonds is 10. The fourth-order valence-electron chi connectivity index (χ4n) is 4.12. The quantitative estimate of drug-likeness (QED) is 0.610. The molecule has 1 aliphatic rings. The van der Waals surface area contributed by atoms with Crippen molar-refractivity contribution < 1.29 is 14.2 Å². The summed E-state index contributed by atoms with van der Waals surface area (Å²) >= 11 is 0. The number of pyridine rings is 1. The molecule has 0 amide bonds. The summed E-state index contributed by atoms with van der Waals surface area (Å²) in [7, 11) is 1.66. The number of methoxy groups -OCH3 is 1. The van der Waals surface area contributed by atoms with Gasteiger partial charge in [0.1, 0.15) is 0 Å². The zero-order valence-electron chi connectivity index (χ0n) is 18.0. The Bertz CT molecular complexity index is 843. The first kappa shape index (κ1) is 21.7. The van der Waals surface area contributed by atoms with Crippen LogP contribution in [0.3, 0.4) is 0 Å². The van der Waals surface area contributed by atoms with Gasteiger partial charge >= 0.3 is 0 Å². The minimum Gasteiger partial charge on any atom is -0.493 e. The number of hydrogen-bond acceptors (Lipinski definition) is 5. The van der Waals surface area contributed by atoms with Gasteiger partial charge in [-0.15, -0.1) is 0 Å². The van der Waals surface area contributed by atoms with E-state index in [9.17, 15) is 4.79 Å². The van der Waals surface area contributed by atoms with Gasteiger partial charge in [-0.2, -0.15) is 0 Å². The molecular weight excluding hydrogens is 368 g/mol. The Kier molecular flexibility index (Phi) is 7.95. The van der Waals surface area contributed by atoms with Gasteiger partial charge < -0.3 is 24.1 Å². The van der Waals surface area contributed by atoms with Crippen LogP contribution in [0.4, 0.5) is 0 Å². The van der Waals surface area contributed by atoms with Gasteiger partial charge in [0.15, 0.2) is 11.5 Å². The van der Waals surface area contributed by atoms with Gasteiger partial charge in [-0.3, -0.25) is 4.79 Å². The van der Waals surface area contributed by atoms with E-state index in [1.165, 1.54) is 0 Å². The van der Waals surface area contributed by atoms with Crippen LogP contribution in [-0.4, -0.2) is 56.4 Å². The third kappa shape index (κ3) is 5.52. The van der Waals surface area contributed by atoms with Crippen molar-refractivity contribution >= 4 is 10.9 Å². The highest BCUT2D eigenvalue weighted by atomic mass is 16.5. The number of aromatic amines is 1. The number of nitrogens with one attached hydrogen (secondary N) is 1. The molecule has 1 aromatic heterocycles. The minimum absolute atomic E-state index is 0.0757. The molecule has 0 saturated carbocycles. The zero-order valence-corrected chi connectivity index (χ0v) is 18.0. The van der Waals surface area contributed by atoms with E-state index in [2.05, 4.69) is 23.7 Å². The molecule has 1 aliphatic heterocycles. The van der Waals surface area contributed by atoms with Crippen molar-refractivity contribution in [1.29, 1.82) is 0 Å². The zero-order chi connectivity index (χ0) is 20.6. The summed E-state index contributed by atoms with van der Waals surface area (Å²) in [6.07, 6.45) is 3.99. The van der Waals surface area contributed by atoms with Crippen molar-refractivity contribution in [1.82, 2.24) is 9.88 Å². The third-order valence-electron chi connectivity index (χ3n) is 5.68. The van der Waals surface area contributed by atoms with Crippen molar-refractivity contribution in [3.8, 4) is 11.5 Å². The summed E-state index contributed by atoms with van der Waals surface area (Å²) < 4.78 is 17.1. The molecule has 1 saturated heterocycles. The van der Waals surface area contributed by atoms with Crippen LogP contribution in [0.15, 0.2) is 23.0 Å². The van der Waals surface area contributed by atoms with Crippen LogP contribution in [0, 0.1) is 0 Å². The topological polar surface area (TPSA) is 63.8 Å². The van der Waals surface area contributed by atoms with Crippen LogP contribution in [0.5, 0.6) is 11.5 Å². The highest BCUT2D eigenvalue weighted by Crippen LogP contribution is 2.37. The van der Waals surface area contributed by atoms with Crippen molar-refractivity contribution in [2.24, 2.45) is 0 Å². The van der Waals surface area contributed by atoms with Gasteiger partial charge in [-0.1, -0.05) is 13.8 Å². The first-order valence-electron chi connectivity index (χ1n) is 10.8. The van der Waals surface area contributed by atoms with Crippen LogP contribution in [0.25, 0.3) is 10.9 Å². The van der Waals surface area contributed by atoms with Crippen molar-refractivity contribution in [3.05, 3.63) is 34.1 Å². The number of nitrogens with zero attached hydrogens (tertiary/aromatic N) is 1. The Balaban J connectivity index is 1.79. The Morgan fingerprint density at radius 2 is 1.93 bits per heavy atom. The number of hydrogen-bond donors (Lipinski definition) is 1. The first-order chi connectivity index (χ1) is 14.2. The summed E-state index contributed by atoms with van der Waals surface area (Å²) in [5.74, 6) is 1.72. The van der Waals surface area contributed by atoms with Crippen LogP contribution in [0.1, 0.15) is 51.0 Å². The van der Waals surface area contributed by atoms with Gasteiger partial charge in [-0.25, -0.2) is 0 Å². The molecule has 0 radical (unpaired) electrons. The van der Waals surface area contributed by atoms with Gasteiger partial charge in [0.25, 0.3) is 0 Å². The lowest BCUT2D eigenvalue weighted by Gasteiger charge is -2.24. The second-order valence-electron chi connectivity index (χ2n) is 7.66. The van der Waals surface area contributed by atoms with Gasteiger partial charge in [-0.05, 0) is 56.3 Å². The van der Waals surface area contributed by atoms with E-state index in [0.717, 1.165) is 75.0 Å². The van der Waals surface area contributed by atoms with Crippen LogP contribution < -0.4 is 15.0 Å². The molecule has 3 rings (SSSR count). The van der Waals surface area contributed by atoms with E-state index >= 15 is 0 Å². The van der Waals surface area contributed by atoms with Crippen LogP contribution in [0.2, 0.25) is 0 Å².